The lowest BCUT2D eigenvalue weighted by Gasteiger charge is -2.06. The van der Waals surface area contributed by atoms with Crippen molar-refractivity contribution >= 4 is 21.6 Å². The molecule has 1 aromatic heterocycles. The highest BCUT2D eigenvalue weighted by molar-refractivity contribution is 9.10. The number of nitriles is 1. The normalized spacial score (nSPS) is 9.94. The summed E-state index contributed by atoms with van der Waals surface area (Å²) in [6.45, 7) is 2.61. The highest BCUT2D eigenvalue weighted by atomic mass is 79.9. The Kier molecular flexibility index (Phi) is 3.50. The third-order valence-electron chi connectivity index (χ3n) is 2.28. The van der Waals surface area contributed by atoms with E-state index in [4.69, 9.17) is 9.68 Å². The van der Waals surface area contributed by atoms with Crippen LogP contribution in [-0.4, -0.2) is 0 Å². The van der Waals surface area contributed by atoms with E-state index in [0.29, 0.717) is 12.3 Å². The SMILES string of the molecule is Cc1cc(Br)cc(NCc2ccc(C#N)o2)c1. The quantitative estimate of drug-likeness (QED) is 0.934. The Labute approximate surface area is 108 Å². The lowest BCUT2D eigenvalue weighted by Crippen LogP contribution is -1.98. The van der Waals surface area contributed by atoms with Gasteiger partial charge in [0.25, 0.3) is 0 Å². The number of rotatable bonds is 3. The molecule has 0 fully saturated rings. The first kappa shape index (κ1) is 11.7. The fourth-order valence-corrected chi connectivity index (χ4v) is 2.17. The van der Waals surface area contributed by atoms with Crippen LogP contribution in [0.15, 0.2) is 39.2 Å². The summed E-state index contributed by atoms with van der Waals surface area (Å²) in [4.78, 5) is 0. The van der Waals surface area contributed by atoms with E-state index in [1.807, 2.05) is 25.1 Å². The highest BCUT2D eigenvalue weighted by Crippen LogP contribution is 2.20. The van der Waals surface area contributed by atoms with E-state index in [9.17, 15) is 0 Å². The van der Waals surface area contributed by atoms with Gasteiger partial charge in [0, 0.05) is 10.2 Å². The molecule has 17 heavy (non-hydrogen) atoms. The van der Waals surface area contributed by atoms with Gasteiger partial charge < -0.3 is 9.73 Å². The zero-order valence-electron chi connectivity index (χ0n) is 9.33. The van der Waals surface area contributed by atoms with Crippen molar-refractivity contribution in [3.63, 3.8) is 0 Å². The summed E-state index contributed by atoms with van der Waals surface area (Å²) >= 11 is 3.45. The lowest BCUT2D eigenvalue weighted by atomic mass is 10.2. The monoisotopic (exact) mass is 290 g/mol. The molecule has 0 saturated heterocycles. The topological polar surface area (TPSA) is 49.0 Å². The van der Waals surface area contributed by atoms with Gasteiger partial charge in [0.2, 0.25) is 5.76 Å². The fourth-order valence-electron chi connectivity index (χ4n) is 1.56. The number of nitrogens with one attached hydrogen (secondary N) is 1. The molecule has 0 aliphatic rings. The molecule has 0 atom stereocenters. The predicted molar refractivity (Wildman–Crippen MR) is 69.6 cm³/mol. The summed E-state index contributed by atoms with van der Waals surface area (Å²) in [5.74, 6) is 1.09. The maximum Gasteiger partial charge on any atom is 0.203 e. The van der Waals surface area contributed by atoms with Gasteiger partial charge >= 0.3 is 0 Å². The third kappa shape index (κ3) is 3.11. The Morgan fingerprint density at radius 2 is 2.18 bits per heavy atom. The highest BCUT2D eigenvalue weighted by Gasteiger charge is 2.01. The number of hydrogen-bond donors (Lipinski definition) is 1. The van der Waals surface area contributed by atoms with Crippen LogP contribution < -0.4 is 5.32 Å². The molecule has 86 valence electrons. The third-order valence-corrected chi connectivity index (χ3v) is 2.74. The standard InChI is InChI=1S/C13H11BrN2O/c1-9-4-10(14)6-11(5-9)16-8-13-3-2-12(7-15)17-13/h2-6,16H,8H2,1H3. The second-order valence-corrected chi connectivity index (χ2v) is 4.66. The zero-order chi connectivity index (χ0) is 12.3. The average molecular weight is 291 g/mol. The molecule has 4 heteroatoms. The first-order chi connectivity index (χ1) is 8.17. The van der Waals surface area contributed by atoms with Crippen molar-refractivity contribution in [3.8, 4) is 6.07 Å². The Morgan fingerprint density at radius 3 is 2.82 bits per heavy atom. The summed E-state index contributed by atoms with van der Waals surface area (Å²) in [5, 5.41) is 11.9. The van der Waals surface area contributed by atoms with Gasteiger partial charge in [-0.05, 0) is 42.8 Å². The van der Waals surface area contributed by atoms with Crippen LogP contribution in [-0.2, 0) is 6.54 Å². The fraction of sp³-hybridized carbons (Fsp3) is 0.154. The van der Waals surface area contributed by atoms with Gasteiger partial charge in [-0.15, -0.1) is 0 Å². The number of halogens is 1. The van der Waals surface area contributed by atoms with E-state index in [-0.39, 0.29) is 0 Å². The second kappa shape index (κ2) is 5.07. The summed E-state index contributed by atoms with van der Waals surface area (Å²) in [7, 11) is 0. The molecule has 0 aliphatic heterocycles. The number of aryl methyl sites for hydroxylation is 1. The Bertz CT molecular complexity index is 549. The summed E-state index contributed by atoms with van der Waals surface area (Å²) in [6.07, 6.45) is 0. The van der Waals surface area contributed by atoms with E-state index in [1.165, 1.54) is 5.56 Å². The average Bonchev–Trinajstić information content (AvgIpc) is 2.73. The van der Waals surface area contributed by atoms with Crippen LogP contribution >= 0.6 is 15.9 Å². The minimum absolute atomic E-state index is 0.340. The van der Waals surface area contributed by atoms with Crippen LogP contribution in [0.2, 0.25) is 0 Å². The number of anilines is 1. The largest absolute Gasteiger partial charge is 0.449 e. The Balaban J connectivity index is 2.04. The smallest absolute Gasteiger partial charge is 0.203 e. The summed E-state index contributed by atoms with van der Waals surface area (Å²) < 4.78 is 6.32. The number of benzene rings is 1. The van der Waals surface area contributed by atoms with Gasteiger partial charge in [0.05, 0.1) is 6.54 Å². The van der Waals surface area contributed by atoms with Crippen molar-refractivity contribution in [2.75, 3.05) is 5.32 Å². The zero-order valence-corrected chi connectivity index (χ0v) is 10.9. The van der Waals surface area contributed by atoms with Gasteiger partial charge in [-0.25, -0.2) is 0 Å². The van der Waals surface area contributed by atoms with Crippen LogP contribution in [0.25, 0.3) is 0 Å². The molecule has 0 saturated carbocycles. The van der Waals surface area contributed by atoms with Gasteiger partial charge in [0.15, 0.2) is 0 Å². The molecule has 2 aromatic rings. The Hall–Kier alpha value is -1.73. The van der Waals surface area contributed by atoms with Crippen molar-refractivity contribution in [3.05, 3.63) is 51.9 Å². The molecule has 1 N–H and O–H groups in total. The minimum Gasteiger partial charge on any atom is -0.449 e. The van der Waals surface area contributed by atoms with Crippen molar-refractivity contribution in [1.82, 2.24) is 0 Å². The van der Waals surface area contributed by atoms with Crippen LogP contribution in [0.3, 0.4) is 0 Å². The van der Waals surface area contributed by atoms with E-state index >= 15 is 0 Å². The van der Waals surface area contributed by atoms with Crippen LogP contribution in [0, 0.1) is 18.3 Å². The van der Waals surface area contributed by atoms with E-state index in [0.717, 1.165) is 15.9 Å². The van der Waals surface area contributed by atoms with E-state index in [2.05, 4.69) is 27.3 Å². The van der Waals surface area contributed by atoms with Gasteiger partial charge in [-0.2, -0.15) is 5.26 Å². The summed E-state index contributed by atoms with van der Waals surface area (Å²) in [6, 6.07) is 11.5. The molecular weight excluding hydrogens is 280 g/mol. The number of nitrogens with zero attached hydrogens (tertiary/aromatic N) is 1. The molecule has 1 aromatic carbocycles. The van der Waals surface area contributed by atoms with Gasteiger partial charge in [0.1, 0.15) is 11.8 Å². The molecule has 0 amide bonds. The molecule has 3 nitrogen and oxygen atoms in total. The van der Waals surface area contributed by atoms with Crippen LogP contribution in [0.1, 0.15) is 17.1 Å². The molecule has 0 aliphatic carbocycles. The molecule has 0 spiro atoms. The van der Waals surface area contributed by atoms with Crippen LogP contribution in [0.4, 0.5) is 5.69 Å². The van der Waals surface area contributed by atoms with E-state index in [1.54, 1.807) is 12.1 Å². The first-order valence-corrected chi connectivity index (χ1v) is 5.96. The predicted octanol–water partition coefficient (Wildman–Crippen LogP) is 3.83. The molecular formula is C13H11BrN2O. The first-order valence-electron chi connectivity index (χ1n) is 5.17. The number of furan rings is 1. The van der Waals surface area contributed by atoms with E-state index < -0.39 is 0 Å². The molecule has 2 rings (SSSR count). The molecule has 0 bridgehead atoms. The molecule has 0 radical (unpaired) electrons. The van der Waals surface area contributed by atoms with Gasteiger partial charge in [-0.1, -0.05) is 15.9 Å². The van der Waals surface area contributed by atoms with Crippen molar-refractivity contribution in [2.24, 2.45) is 0 Å². The Morgan fingerprint density at radius 1 is 1.35 bits per heavy atom. The van der Waals surface area contributed by atoms with Crippen LogP contribution in [0.5, 0.6) is 0 Å². The maximum absolute atomic E-state index is 8.64. The second-order valence-electron chi connectivity index (χ2n) is 3.75. The van der Waals surface area contributed by atoms with Crippen molar-refractivity contribution in [1.29, 1.82) is 5.26 Å². The van der Waals surface area contributed by atoms with Gasteiger partial charge in [-0.3, -0.25) is 0 Å². The maximum atomic E-state index is 8.64. The lowest BCUT2D eigenvalue weighted by molar-refractivity contribution is 0.506. The minimum atomic E-state index is 0.340. The molecule has 1 heterocycles. The van der Waals surface area contributed by atoms with Crippen molar-refractivity contribution in [2.45, 2.75) is 13.5 Å². The van der Waals surface area contributed by atoms with Crippen molar-refractivity contribution < 1.29 is 4.42 Å². The summed E-state index contributed by atoms with van der Waals surface area (Å²) in [5.41, 5.74) is 2.20. The number of hydrogen-bond acceptors (Lipinski definition) is 3. The molecule has 0 unspecified atom stereocenters.